The average Bonchev–Trinajstić information content (AvgIpc) is 2.71. The fourth-order valence-corrected chi connectivity index (χ4v) is 3.92. The number of hydrogen-bond donors (Lipinski definition) is 1. The first-order valence-corrected chi connectivity index (χ1v) is 10.2. The van der Waals surface area contributed by atoms with Gasteiger partial charge in [0.2, 0.25) is 0 Å². The predicted molar refractivity (Wildman–Crippen MR) is 110 cm³/mol. The molecule has 1 N–H and O–H groups in total. The maximum atomic E-state index is 12.5. The molecule has 2 heterocycles. The molecule has 0 aromatic heterocycles. The van der Waals surface area contributed by atoms with Crippen molar-refractivity contribution in [2.75, 3.05) is 26.3 Å². The maximum absolute atomic E-state index is 12.5. The van der Waals surface area contributed by atoms with Gasteiger partial charge in [-0.05, 0) is 49.2 Å². The summed E-state index contributed by atoms with van der Waals surface area (Å²) in [5.41, 5.74) is 2.85. The van der Waals surface area contributed by atoms with Crippen molar-refractivity contribution >= 4 is 5.91 Å². The first-order chi connectivity index (χ1) is 14.1. The Morgan fingerprint density at radius 1 is 0.966 bits per heavy atom. The summed E-state index contributed by atoms with van der Waals surface area (Å²) in [5.74, 6) is 1.41. The van der Waals surface area contributed by atoms with Crippen LogP contribution in [0.5, 0.6) is 11.5 Å². The molecule has 29 heavy (non-hydrogen) atoms. The van der Waals surface area contributed by atoms with Crippen LogP contribution >= 0.6 is 0 Å². The highest BCUT2D eigenvalue weighted by Gasteiger charge is 2.22. The summed E-state index contributed by atoms with van der Waals surface area (Å²) in [6.45, 7) is 8.53. The number of rotatable bonds is 5. The molecule has 0 aliphatic carbocycles. The smallest absolute Gasteiger partial charge is 0.251 e. The van der Waals surface area contributed by atoms with Gasteiger partial charge in [-0.15, -0.1) is 0 Å². The third-order valence-corrected chi connectivity index (χ3v) is 5.18. The summed E-state index contributed by atoms with van der Waals surface area (Å²) < 4.78 is 16.9. The highest BCUT2D eigenvalue weighted by Crippen LogP contribution is 2.30. The van der Waals surface area contributed by atoms with Gasteiger partial charge in [-0.2, -0.15) is 0 Å². The third-order valence-electron chi connectivity index (χ3n) is 5.18. The summed E-state index contributed by atoms with van der Waals surface area (Å²) in [7, 11) is 0. The van der Waals surface area contributed by atoms with Gasteiger partial charge in [-0.3, -0.25) is 9.69 Å². The van der Waals surface area contributed by atoms with E-state index in [4.69, 9.17) is 14.2 Å². The lowest BCUT2D eigenvalue weighted by molar-refractivity contribution is -0.0704. The van der Waals surface area contributed by atoms with Gasteiger partial charge in [0.05, 0.1) is 12.2 Å². The summed E-state index contributed by atoms with van der Waals surface area (Å²) in [6, 6.07) is 13.6. The topological polar surface area (TPSA) is 60.0 Å². The van der Waals surface area contributed by atoms with Gasteiger partial charge in [-0.25, -0.2) is 0 Å². The van der Waals surface area contributed by atoms with Gasteiger partial charge < -0.3 is 19.5 Å². The third kappa shape index (κ3) is 5.08. The largest absolute Gasteiger partial charge is 0.486 e. The number of fused-ring (bicyclic) bond motifs is 1. The minimum Gasteiger partial charge on any atom is -0.486 e. The number of ether oxygens (including phenoxy) is 3. The lowest BCUT2D eigenvalue weighted by Crippen LogP contribution is -2.44. The van der Waals surface area contributed by atoms with Gasteiger partial charge >= 0.3 is 0 Å². The van der Waals surface area contributed by atoms with E-state index in [1.165, 1.54) is 5.56 Å². The van der Waals surface area contributed by atoms with Crippen LogP contribution < -0.4 is 14.8 Å². The standard InChI is InChI=1S/C23H28N2O4/c1-16-13-25(14-17(2)29-16)15-18-3-6-20(7-4-18)23(26)24-12-19-5-8-21-22(11-19)28-10-9-27-21/h3-8,11,16-17H,9-10,12-15H2,1-2H3,(H,24,26)/t16-,17-/m0/s1. The van der Waals surface area contributed by atoms with E-state index in [1.807, 2.05) is 42.5 Å². The Labute approximate surface area is 171 Å². The number of benzene rings is 2. The zero-order valence-electron chi connectivity index (χ0n) is 17.0. The Morgan fingerprint density at radius 3 is 2.34 bits per heavy atom. The molecule has 4 rings (SSSR count). The molecule has 1 fully saturated rings. The molecule has 154 valence electrons. The molecule has 0 spiro atoms. The number of nitrogens with zero attached hydrogens (tertiary/aromatic N) is 1. The van der Waals surface area contributed by atoms with Crippen molar-refractivity contribution in [1.82, 2.24) is 10.2 Å². The first-order valence-electron chi connectivity index (χ1n) is 10.2. The molecule has 2 aliphatic heterocycles. The summed E-state index contributed by atoms with van der Waals surface area (Å²) in [5, 5.41) is 2.97. The van der Waals surface area contributed by atoms with Crippen LogP contribution in [0.25, 0.3) is 0 Å². The quantitative estimate of drug-likeness (QED) is 0.842. The van der Waals surface area contributed by atoms with Crippen LogP contribution in [0, 0.1) is 0 Å². The molecule has 0 radical (unpaired) electrons. The van der Waals surface area contributed by atoms with Crippen molar-refractivity contribution in [3.05, 3.63) is 59.2 Å². The van der Waals surface area contributed by atoms with E-state index < -0.39 is 0 Å². The Hall–Kier alpha value is -2.57. The highest BCUT2D eigenvalue weighted by molar-refractivity contribution is 5.94. The second kappa shape index (κ2) is 8.84. The average molecular weight is 396 g/mol. The molecule has 1 amide bonds. The lowest BCUT2D eigenvalue weighted by Gasteiger charge is -2.35. The lowest BCUT2D eigenvalue weighted by atomic mass is 10.1. The van der Waals surface area contributed by atoms with Crippen molar-refractivity contribution < 1.29 is 19.0 Å². The molecular weight excluding hydrogens is 368 g/mol. The molecule has 1 saturated heterocycles. The van der Waals surface area contributed by atoms with Gasteiger partial charge in [0.1, 0.15) is 13.2 Å². The molecule has 0 bridgehead atoms. The maximum Gasteiger partial charge on any atom is 0.251 e. The van der Waals surface area contributed by atoms with E-state index in [2.05, 4.69) is 24.1 Å². The van der Waals surface area contributed by atoms with Crippen molar-refractivity contribution in [3.8, 4) is 11.5 Å². The highest BCUT2D eigenvalue weighted by atomic mass is 16.6. The van der Waals surface area contributed by atoms with Crippen molar-refractivity contribution in [2.24, 2.45) is 0 Å². The van der Waals surface area contributed by atoms with Gasteiger partial charge in [-0.1, -0.05) is 18.2 Å². The minimum absolute atomic E-state index is 0.0833. The fraction of sp³-hybridized carbons (Fsp3) is 0.435. The predicted octanol–water partition coefficient (Wildman–Crippen LogP) is 3.00. The summed E-state index contributed by atoms with van der Waals surface area (Å²) in [4.78, 5) is 14.9. The monoisotopic (exact) mass is 396 g/mol. The van der Waals surface area contributed by atoms with Crippen molar-refractivity contribution in [2.45, 2.75) is 39.1 Å². The second-order valence-corrected chi connectivity index (χ2v) is 7.81. The Balaban J connectivity index is 1.31. The van der Waals surface area contributed by atoms with Crippen LogP contribution in [0.4, 0.5) is 0 Å². The zero-order chi connectivity index (χ0) is 20.2. The number of morpholine rings is 1. The molecule has 6 nitrogen and oxygen atoms in total. The second-order valence-electron chi connectivity index (χ2n) is 7.81. The Morgan fingerprint density at radius 2 is 1.62 bits per heavy atom. The van der Waals surface area contributed by atoms with Crippen molar-refractivity contribution in [1.29, 1.82) is 0 Å². The summed E-state index contributed by atoms with van der Waals surface area (Å²) in [6.07, 6.45) is 0.508. The SMILES string of the molecule is C[C@H]1CN(Cc2ccc(C(=O)NCc3ccc4c(c3)OCCO4)cc2)C[C@H](C)O1. The molecule has 2 atom stereocenters. The molecule has 2 aliphatic rings. The van der Waals surface area contributed by atoms with Gasteiger partial charge in [0.15, 0.2) is 11.5 Å². The Bertz CT molecular complexity index is 842. The van der Waals surface area contributed by atoms with Gasteiger partial charge in [0, 0.05) is 31.7 Å². The normalized spacial score (nSPS) is 21.6. The number of nitrogens with one attached hydrogen (secondary N) is 1. The van der Waals surface area contributed by atoms with E-state index in [0.29, 0.717) is 25.3 Å². The van der Waals surface area contributed by atoms with Gasteiger partial charge in [0.25, 0.3) is 5.91 Å². The molecule has 0 unspecified atom stereocenters. The van der Waals surface area contributed by atoms with E-state index in [1.54, 1.807) is 0 Å². The number of amides is 1. The van der Waals surface area contributed by atoms with E-state index in [9.17, 15) is 4.79 Å². The number of carbonyl (C=O) groups is 1. The van der Waals surface area contributed by atoms with Crippen LogP contribution in [0.2, 0.25) is 0 Å². The van der Waals surface area contributed by atoms with Crippen molar-refractivity contribution in [3.63, 3.8) is 0 Å². The molecule has 0 saturated carbocycles. The molecular formula is C23H28N2O4. The summed E-state index contributed by atoms with van der Waals surface area (Å²) >= 11 is 0. The molecule has 2 aromatic rings. The first kappa shape index (κ1) is 19.7. The van der Waals surface area contributed by atoms with E-state index in [-0.39, 0.29) is 18.1 Å². The molecule has 2 aromatic carbocycles. The van der Waals surface area contributed by atoms with E-state index in [0.717, 1.165) is 36.7 Å². The van der Waals surface area contributed by atoms with Crippen LogP contribution in [0.1, 0.15) is 35.3 Å². The fourth-order valence-electron chi connectivity index (χ4n) is 3.92. The van der Waals surface area contributed by atoms with Crippen LogP contribution in [0.15, 0.2) is 42.5 Å². The Kier molecular flexibility index (Phi) is 6.02. The minimum atomic E-state index is -0.0833. The number of hydrogen-bond acceptors (Lipinski definition) is 5. The van der Waals surface area contributed by atoms with Crippen LogP contribution in [0.3, 0.4) is 0 Å². The van der Waals surface area contributed by atoms with E-state index >= 15 is 0 Å². The van der Waals surface area contributed by atoms with Crippen LogP contribution in [-0.2, 0) is 17.8 Å². The molecule has 6 heteroatoms. The number of carbonyl (C=O) groups excluding carboxylic acids is 1. The van der Waals surface area contributed by atoms with Crippen LogP contribution in [-0.4, -0.2) is 49.3 Å². The zero-order valence-corrected chi connectivity index (χ0v) is 17.0.